The van der Waals surface area contributed by atoms with Gasteiger partial charge in [-0.3, -0.25) is 4.90 Å². The smallest absolute Gasteiger partial charge is 0.285 e. The summed E-state index contributed by atoms with van der Waals surface area (Å²) in [5, 5.41) is 0. The van der Waals surface area contributed by atoms with E-state index in [9.17, 15) is 8.78 Å². The van der Waals surface area contributed by atoms with Crippen molar-refractivity contribution in [2.24, 2.45) is 11.8 Å². The van der Waals surface area contributed by atoms with Crippen molar-refractivity contribution >= 4 is 0 Å². The maximum absolute atomic E-state index is 14.2. The van der Waals surface area contributed by atoms with Crippen LogP contribution in [0.25, 0.3) is 0 Å². The van der Waals surface area contributed by atoms with E-state index in [0.29, 0.717) is 18.9 Å². The van der Waals surface area contributed by atoms with Crippen molar-refractivity contribution in [1.29, 1.82) is 0 Å². The van der Waals surface area contributed by atoms with Crippen LogP contribution in [-0.4, -0.2) is 37.6 Å². The quantitative estimate of drug-likeness (QED) is 0.743. The zero-order valence-electron chi connectivity index (χ0n) is 11.4. The van der Waals surface area contributed by atoms with Crippen molar-refractivity contribution in [3.05, 3.63) is 11.3 Å². The molecule has 0 aromatic rings. The van der Waals surface area contributed by atoms with Crippen LogP contribution in [0.15, 0.2) is 11.3 Å². The Morgan fingerprint density at radius 3 is 2.24 bits per heavy atom. The molecule has 100 valence electrons. The molecule has 0 aliphatic carbocycles. The van der Waals surface area contributed by atoms with Gasteiger partial charge >= 0.3 is 0 Å². The summed E-state index contributed by atoms with van der Waals surface area (Å²) in [5.74, 6) is -2.52. The van der Waals surface area contributed by atoms with Gasteiger partial charge in [0, 0.05) is 18.0 Å². The molecule has 0 unspecified atom stereocenters. The Labute approximate surface area is 103 Å². The van der Waals surface area contributed by atoms with Gasteiger partial charge in [0.2, 0.25) is 0 Å². The Bertz CT molecular complexity index is 298. The minimum Gasteiger partial charge on any atom is -0.496 e. The van der Waals surface area contributed by atoms with Crippen LogP contribution in [0.5, 0.6) is 0 Å². The van der Waals surface area contributed by atoms with E-state index in [4.69, 9.17) is 4.74 Å². The molecular formula is C13H23F2NO. The van der Waals surface area contributed by atoms with Crippen molar-refractivity contribution in [2.75, 3.05) is 26.7 Å². The van der Waals surface area contributed by atoms with E-state index in [0.717, 1.165) is 0 Å². The maximum atomic E-state index is 14.2. The largest absolute Gasteiger partial charge is 0.496 e. The number of hydrogen-bond donors (Lipinski definition) is 0. The number of nitrogens with zero attached hydrogens (tertiary/aromatic N) is 1. The number of likely N-dealkylation sites (N-methyl/N-ethyl adjacent to an activating group) is 1. The Kier molecular flexibility index (Phi) is 4.53. The minimum atomic E-state index is -2.80. The van der Waals surface area contributed by atoms with Crippen LogP contribution in [-0.2, 0) is 4.74 Å². The van der Waals surface area contributed by atoms with Crippen LogP contribution in [0, 0.1) is 11.8 Å². The van der Waals surface area contributed by atoms with Crippen LogP contribution in [0.2, 0.25) is 0 Å². The summed E-state index contributed by atoms with van der Waals surface area (Å²) in [7, 11) is 1.70. The van der Waals surface area contributed by atoms with Gasteiger partial charge < -0.3 is 4.74 Å². The summed E-state index contributed by atoms with van der Waals surface area (Å²) in [6.45, 7) is 8.21. The fourth-order valence-electron chi connectivity index (χ4n) is 2.26. The van der Waals surface area contributed by atoms with Gasteiger partial charge in [0.25, 0.3) is 5.92 Å². The first-order chi connectivity index (χ1) is 7.75. The highest BCUT2D eigenvalue weighted by Gasteiger charge is 2.41. The molecule has 1 rings (SSSR count). The second-order valence-corrected chi connectivity index (χ2v) is 5.38. The lowest BCUT2D eigenvalue weighted by atomic mass is 9.91. The highest BCUT2D eigenvalue weighted by Crippen LogP contribution is 2.37. The molecule has 1 heterocycles. The molecule has 0 radical (unpaired) electrons. The third kappa shape index (κ3) is 3.41. The molecule has 0 aromatic carbocycles. The summed E-state index contributed by atoms with van der Waals surface area (Å²) >= 11 is 0. The fraction of sp³-hybridized carbons (Fsp3) is 0.846. The number of alkyl halides is 2. The van der Waals surface area contributed by atoms with Gasteiger partial charge in [-0.25, -0.2) is 8.78 Å². The second-order valence-electron chi connectivity index (χ2n) is 5.38. The maximum Gasteiger partial charge on any atom is 0.285 e. The van der Waals surface area contributed by atoms with Gasteiger partial charge in [0.15, 0.2) is 0 Å². The molecule has 1 aliphatic heterocycles. The second kappa shape index (κ2) is 5.34. The molecule has 4 heteroatoms. The summed E-state index contributed by atoms with van der Waals surface area (Å²) in [6, 6.07) is 0. The van der Waals surface area contributed by atoms with Crippen LogP contribution in [0.4, 0.5) is 8.78 Å². The molecule has 0 aromatic heterocycles. The molecule has 0 saturated heterocycles. The summed E-state index contributed by atoms with van der Waals surface area (Å²) < 4.78 is 34.1. The monoisotopic (exact) mass is 247 g/mol. The molecule has 0 N–H and O–H groups in total. The Morgan fingerprint density at radius 2 is 1.76 bits per heavy atom. The number of ether oxygens (including phenoxy) is 1. The van der Waals surface area contributed by atoms with Gasteiger partial charge in [0.05, 0.1) is 6.54 Å². The van der Waals surface area contributed by atoms with Crippen LogP contribution >= 0.6 is 0 Å². The van der Waals surface area contributed by atoms with Gasteiger partial charge in [-0.1, -0.05) is 27.7 Å². The molecule has 0 spiro atoms. The Hall–Kier alpha value is -0.640. The van der Waals surface area contributed by atoms with E-state index in [1.807, 2.05) is 13.8 Å². The average molecular weight is 247 g/mol. The number of halogens is 2. The van der Waals surface area contributed by atoms with Gasteiger partial charge in [-0.05, 0) is 13.0 Å². The van der Waals surface area contributed by atoms with Gasteiger partial charge in [-0.15, -0.1) is 0 Å². The first kappa shape index (κ1) is 14.4. The van der Waals surface area contributed by atoms with E-state index < -0.39 is 5.92 Å². The first-order valence-corrected chi connectivity index (χ1v) is 6.19. The minimum absolute atomic E-state index is 0.00156. The summed E-state index contributed by atoms with van der Waals surface area (Å²) in [5.41, 5.74) is 0.166. The van der Waals surface area contributed by atoms with Crippen LogP contribution < -0.4 is 0 Å². The lowest BCUT2D eigenvalue weighted by Gasteiger charge is -2.33. The molecule has 0 atom stereocenters. The summed E-state index contributed by atoms with van der Waals surface area (Å²) in [4.78, 5) is 1.62. The highest BCUT2D eigenvalue weighted by atomic mass is 19.3. The molecule has 0 bridgehead atoms. The normalized spacial score (nSPS) is 26.9. The van der Waals surface area contributed by atoms with Crippen molar-refractivity contribution in [2.45, 2.75) is 33.6 Å². The van der Waals surface area contributed by atoms with E-state index >= 15 is 0 Å². The van der Waals surface area contributed by atoms with Crippen LogP contribution in [0.3, 0.4) is 0 Å². The molecule has 0 saturated carbocycles. The van der Waals surface area contributed by atoms with E-state index in [2.05, 4.69) is 0 Å². The van der Waals surface area contributed by atoms with Crippen molar-refractivity contribution < 1.29 is 13.5 Å². The van der Waals surface area contributed by atoms with Crippen molar-refractivity contribution in [3.8, 4) is 0 Å². The Balaban J connectivity index is 3.21. The van der Waals surface area contributed by atoms with E-state index in [1.165, 1.54) is 0 Å². The number of allylic oxidation sites excluding steroid dienone is 1. The number of hydrogen-bond acceptors (Lipinski definition) is 2. The zero-order chi connectivity index (χ0) is 13.2. The Morgan fingerprint density at radius 1 is 1.18 bits per heavy atom. The van der Waals surface area contributed by atoms with Crippen LogP contribution in [0.1, 0.15) is 27.7 Å². The SMILES string of the molecule is CC(C)/C1=C(\C(C)C)C(F)(F)CN(C)CCO1. The molecule has 17 heavy (non-hydrogen) atoms. The molecule has 0 amide bonds. The standard InChI is InChI=1S/C13H23F2NO/c1-9(2)11-12(10(3)4)17-7-6-16(5)8-13(11,14)15/h9-10H,6-8H2,1-5H3/b12-11-. The van der Waals surface area contributed by atoms with Crippen molar-refractivity contribution in [3.63, 3.8) is 0 Å². The first-order valence-electron chi connectivity index (χ1n) is 6.19. The molecular weight excluding hydrogens is 224 g/mol. The third-order valence-corrected chi connectivity index (χ3v) is 2.96. The van der Waals surface area contributed by atoms with E-state index in [-0.39, 0.29) is 24.0 Å². The molecule has 1 aliphatic rings. The van der Waals surface area contributed by atoms with Gasteiger partial charge in [-0.2, -0.15) is 0 Å². The van der Waals surface area contributed by atoms with E-state index in [1.54, 1.807) is 25.8 Å². The summed E-state index contributed by atoms with van der Waals surface area (Å²) in [6.07, 6.45) is 0. The highest BCUT2D eigenvalue weighted by molar-refractivity contribution is 5.22. The molecule has 2 nitrogen and oxygen atoms in total. The predicted molar refractivity (Wildman–Crippen MR) is 65.1 cm³/mol. The lowest BCUT2D eigenvalue weighted by Crippen LogP contribution is -2.42. The predicted octanol–water partition coefficient (Wildman–Crippen LogP) is 3.15. The molecule has 0 fully saturated rings. The van der Waals surface area contributed by atoms with Crippen molar-refractivity contribution in [1.82, 2.24) is 4.90 Å². The topological polar surface area (TPSA) is 12.5 Å². The fourth-order valence-corrected chi connectivity index (χ4v) is 2.26. The zero-order valence-corrected chi connectivity index (χ0v) is 11.4. The third-order valence-electron chi connectivity index (χ3n) is 2.96. The lowest BCUT2D eigenvalue weighted by molar-refractivity contribution is -0.0215. The number of rotatable bonds is 2. The average Bonchev–Trinajstić information content (AvgIpc) is 2.11. The van der Waals surface area contributed by atoms with Gasteiger partial charge in [0.1, 0.15) is 12.4 Å².